The van der Waals surface area contributed by atoms with Gasteiger partial charge in [0.2, 0.25) is 0 Å². The first kappa shape index (κ1) is 9.59. The third kappa shape index (κ3) is 2.24. The first-order chi connectivity index (χ1) is 5.63. The molecule has 1 unspecified atom stereocenters. The highest BCUT2D eigenvalue weighted by atomic mass is 35.5. The van der Waals surface area contributed by atoms with Gasteiger partial charge >= 0.3 is 0 Å². The monoisotopic (exact) mass is 186 g/mol. The van der Waals surface area contributed by atoms with Crippen LogP contribution in [-0.2, 0) is 13.5 Å². The maximum atomic E-state index is 5.73. The molecule has 0 radical (unpaired) electrons. The fraction of sp³-hybridized carbons (Fsp3) is 0.667. The molecule has 1 aromatic heterocycles. The summed E-state index contributed by atoms with van der Waals surface area (Å²) in [5, 5.41) is 4.27. The maximum Gasteiger partial charge on any atom is 0.0596 e. The Balaban J connectivity index is 2.68. The molecule has 1 rings (SSSR count). The fourth-order valence-electron chi connectivity index (χ4n) is 1.27. The molecule has 0 N–H and O–H groups in total. The summed E-state index contributed by atoms with van der Waals surface area (Å²) in [6.45, 7) is 4.16. The second-order valence-electron chi connectivity index (χ2n) is 3.36. The molecule has 2 nitrogen and oxygen atoms in total. The van der Waals surface area contributed by atoms with Crippen molar-refractivity contribution >= 4 is 11.6 Å². The first-order valence-electron chi connectivity index (χ1n) is 4.19. The lowest BCUT2D eigenvalue weighted by Crippen LogP contribution is -2.06. The van der Waals surface area contributed by atoms with Gasteiger partial charge in [-0.05, 0) is 25.3 Å². The van der Waals surface area contributed by atoms with E-state index < -0.39 is 0 Å². The van der Waals surface area contributed by atoms with Crippen molar-refractivity contribution in [2.24, 2.45) is 13.0 Å². The van der Waals surface area contributed by atoms with E-state index in [2.05, 4.69) is 18.1 Å². The highest BCUT2D eigenvalue weighted by Crippen LogP contribution is 2.10. The summed E-state index contributed by atoms with van der Waals surface area (Å²) in [5.74, 6) is 1.24. The van der Waals surface area contributed by atoms with Crippen molar-refractivity contribution in [1.29, 1.82) is 0 Å². The molecule has 0 saturated heterocycles. The van der Waals surface area contributed by atoms with E-state index in [0.29, 0.717) is 11.8 Å². The van der Waals surface area contributed by atoms with E-state index in [9.17, 15) is 0 Å². The zero-order valence-electron chi connectivity index (χ0n) is 7.84. The molecule has 0 amide bonds. The minimum atomic E-state index is 0.529. The topological polar surface area (TPSA) is 17.8 Å². The normalized spacial score (nSPS) is 13.3. The average Bonchev–Trinajstić information content (AvgIpc) is 2.30. The number of aryl methyl sites for hydroxylation is 2. The van der Waals surface area contributed by atoms with Crippen LogP contribution in [0.25, 0.3) is 0 Å². The molecule has 1 heterocycles. The summed E-state index contributed by atoms with van der Waals surface area (Å²) in [7, 11) is 1.98. The van der Waals surface area contributed by atoms with Crippen molar-refractivity contribution in [3.63, 3.8) is 0 Å². The molecule has 0 saturated carbocycles. The van der Waals surface area contributed by atoms with E-state index in [0.717, 1.165) is 12.1 Å². The molecule has 0 fully saturated rings. The van der Waals surface area contributed by atoms with Crippen LogP contribution in [0.15, 0.2) is 6.07 Å². The van der Waals surface area contributed by atoms with Crippen LogP contribution < -0.4 is 0 Å². The largest absolute Gasteiger partial charge is 0.272 e. The lowest BCUT2D eigenvalue weighted by Gasteiger charge is -2.06. The molecular formula is C9H15ClN2. The Labute approximate surface area is 78.5 Å². The number of aromatic nitrogens is 2. The molecule has 1 atom stereocenters. The van der Waals surface area contributed by atoms with E-state index in [4.69, 9.17) is 11.6 Å². The van der Waals surface area contributed by atoms with Crippen molar-refractivity contribution in [3.05, 3.63) is 17.5 Å². The summed E-state index contributed by atoms with van der Waals surface area (Å²) in [6.07, 6.45) is 1.01. The highest BCUT2D eigenvalue weighted by molar-refractivity contribution is 6.18. The highest BCUT2D eigenvalue weighted by Gasteiger charge is 2.06. The minimum Gasteiger partial charge on any atom is -0.272 e. The van der Waals surface area contributed by atoms with E-state index >= 15 is 0 Å². The maximum absolute atomic E-state index is 5.73. The summed E-state index contributed by atoms with van der Waals surface area (Å²) in [4.78, 5) is 0. The number of hydrogen-bond acceptors (Lipinski definition) is 1. The van der Waals surface area contributed by atoms with Crippen molar-refractivity contribution in [2.45, 2.75) is 20.3 Å². The zero-order chi connectivity index (χ0) is 9.14. The molecule has 0 aliphatic rings. The van der Waals surface area contributed by atoms with Crippen LogP contribution in [0.4, 0.5) is 0 Å². The average molecular weight is 187 g/mol. The second kappa shape index (κ2) is 3.94. The Kier molecular flexibility index (Phi) is 3.15. The molecular weight excluding hydrogens is 172 g/mol. The van der Waals surface area contributed by atoms with Crippen LogP contribution in [0.3, 0.4) is 0 Å². The molecule has 1 aromatic rings. The number of hydrogen-bond donors (Lipinski definition) is 0. The Hall–Kier alpha value is -0.500. The van der Waals surface area contributed by atoms with Gasteiger partial charge in [0.05, 0.1) is 5.69 Å². The fourth-order valence-corrected chi connectivity index (χ4v) is 1.38. The summed E-state index contributed by atoms with van der Waals surface area (Å²) < 4.78 is 1.93. The van der Waals surface area contributed by atoms with Gasteiger partial charge in [-0.1, -0.05) is 6.92 Å². The minimum absolute atomic E-state index is 0.529. The number of halogens is 1. The van der Waals surface area contributed by atoms with E-state index in [-0.39, 0.29) is 0 Å². The van der Waals surface area contributed by atoms with E-state index in [1.807, 2.05) is 18.7 Å². The van der Waals surface area contributed by atoms with E-state index in [1.165, 1.54) is 5.69 Å². The Morgan fingerprint density at radius 1 is 1.67 bits per heavy atom. The van der Waals surface area contributed by atoms with Gasteiger partial charge in [0.25, 0.3) is 0 Å². The van der Waals surface area contributed by atoms with Crippen LogP contribution in [0.5, 0.6) is 0 Å². The van der Waals surface area contributed by atoms with Gasteiger partial charge in [-0.15, -0.1) is 11.6 Å². The van der Waals surface area contributed by atoms with Crippen molar-refractivity contribution in [1.82, 2.24) is 9.78 Å². The summed E-state index contributed by atoms with van der Waals surface area (Å²) in [6, 6.07) is 2.11. The van der Waals surface area contributed by atoms with Gasteiger partial charge in [-0.25, -0.2) is 0 Å². The molecule has 3 heteroatoms. The number of alkyl halides is 1. The lowest BCUT2D eigenvalue weighted by molar-refractivity contribution is 0.599. The molecule has 0 aromatic carbocycles. The quantitative estimate of drug-likeness (QED) is 0.662. The van der Waals surface area contributed by atoms with E-state index in [1.54, 1.807) is 0 Å². The van der Waals surface area contributed by atoms with Gasteiger partial charge in [0.1, 0.15) is 0 Å². The zero-order valence-corrected chi connectivity index (χ0v) is 8.60. The third-order valence-electron chi connectivity index (χ3n) is 1.92. The third-order valence-corrected chi connectivity index (χ3v) is 2.45. The Bertz CT molecular complexity index is 255. The molecule has 0 aliphatic heterocycles. The predicted molar refractivity (Wildman–Crippen MR) is 51.5 cm³/mol. The van der Waals surface area contributed by atoms with Gasteiger partial charge < -0.3 is 0 Å². The molecule has 12 heavy (non-hydrogen) atoms. The molecule has 0 bridgehead atoms. The predicted octanol–water partition coefficient (Wildman–Crippen LogP) is 2.15. The van der Waals surface area contributed by atoms with Gasteiger partial charge in [0.15, 0.2) is 0 Å². The van der Waals surface area contributed by atoms with Crippen LogP contribution in [0.2, 0.25) is 0 Å². The molecule has 68 valence electrons. The Morgan fingerprint density at radius 2 is 2.33 bits per heavy atom. The van der Waals surface area contributed by atoms with Crippen LogP contribution >= 0.6 is 11.6 Å². The van der Waals surface area contributed by atoms with Crippen molar-refractivity contribution < 1.29 is 0 Å². The second-order valence-corrected chi connectivity index (χ2v) is 3.67. The van der Waals surface area contributed by atoms with Crippen LogP contribution in [0.1, 0.15) is 18.3 Å². The van der Waals surface area contributed by atoms with Crippen LogP contribution in [0, 0.1) is 12.8 Å². The van der Waals surface area contributed by atoms with Crippen LogP contribution in [-0.4, -0.2) is 15.7 Å². The van der Waals surface area contributed by atoms with Crippen molar-refractivity contribution in [3.8, 4) is 0 Å². The number of nitrogens with zero attached hydrogens (tertiary/aromatic N) is 2. The van der Waals surface area contributed by atoms with Gasteiger partial charge in [0, 0.05) is 18.6 Å². The Morgan fingerprint density at radius 3 is 2.75 bits per heavy atom. The summed E-state index contributed by atoms with van der Waals surface area (Å²) in [5.41, 5.74) is 2.34. The number of rotatable bonds is 3. The summed E-state index contributed by atoms with van der Waals surface area (Å²) >= 11 is 5.73. The van der Waals surface area contributed by atoms with Gasteiger partial charge in [-0.2, -0.15) is 5.10 Å². The SMILES string of the molecule is Cc1cc(CC(C)CCl)n(C)n1. The van der Waals surface area contributed by atoms with Crippen molar-refractivity contribution in [2.75, 3.05) is 5.88 Å². The van der Waals surface area contributed by atoms with Gasteiger partial charge in [-0.3, -0.25) is 4.68 Å². The standard InChI is InChI=1S/C9H15ClN2/c1-7(6-10)4-9-5-8(2)11-12(9)3/h5,7H,4,6H2,1-3H3. The molecule has 0 spiro atoms. The molecule has 0 aliphatic carbocycles. The first-order valence-corrected chi connectivity index (χ1v) is 4.72. The smallest absolute Gasteiger partial charge is 0.0596 e. The lowest BCUT2D eigenvalue weighted by atomic mass is 10.1.